The fraction of sp³-hybridized carbons (Fsp3) is 0.519. The lowest BCUT2D eigenvalue weighted by atomic mass is 9.76. The summed E-state index contributed by atoms with van der Waals surface area (Å²) in [6.45, 7) is 5.20. The maximum atomic E-state index is 13.3. The second-order valence-electron chi connectivity index (χ2n) is 11.1. The smallest absolute Gasteiger partial charge is 0.444 e. The molecule has 2 heterocycles. The van der Waals surface area contributed by atoms with Gasteiger partial charge in [0.1, 0.15) is 17.1 Å². The van der Waals surface area contributed by atoms with E-state index in [0.29, 0.717) is 37.1 Å². The number of piperidine rings is 1. The predicted octanol–water partition coefficient (Wildman–Crippen LogP) is 6.83. The van der Waals surface area contributed by atoms with E-state index in [0.717, 1.165) is 6.07 Å². The number of ether oxygens (including phenoxy) is 3. The number of alkyl halides is 6. The molecule has 15 heteroatoms. The summed E-state index contributed by atoms with van der Waals surface area (Å²) in [4.78, 5) is 14.8. The van der Waals surface area contributed by atoms with Gasteiger partial charge in [-0.15, -0.1) is 13.2 Å². The molecule has 3 atom stereocenters. The summed E-state index contributed by atoms with van der Waals surface area (Å²) in [7, 11) is -6.15. The lowest BCUT2D eigenvalue weighted by Gasteiger charge is -2.47. The monoisotopic (exact) mass is 625 g/mol. The molecule has 0 bridgehead atoms. The zero-order valence-corrected chi connectivity index (χ0v) is 23.6. The van der Waals surface area contributed by atoms with Crippen LogP contribution in [0.2, 0.25) is 0 Å². The largest absolute Gasteiger partial charge is 0.573 e. The zero-order valence-electron chi connectivity index (χ0n) is 22.8. The highest BCUT2D eigenvalue weighted by molar-refractivity contribution is 7.88. The first-order chi connectivity index (χ1) is 19.3. The average Bonchev–Trinajstić information content (AvgIpc) is 3.26. The van der Waals surface area contributed by atoms with Crippen LogP contribution in [0.1, 0.15) is 63.1 Å². The number of amides is 1. The Hall–Kier alpha value is -3.20. The maximum absolute atomic E-state index is 13.3. The molecule has 0 aliphatic carbocycles. The molecular formula is C27H29F6NO7S. The van der Waals surface area contributed by atoms with Crippen LogP contribution in [-0.2, 0) is 19.6 Å². The summed E-state index contributed by atoms with van der Waals surface area (Å²) >= 11 is 0. The van der Waals surface area contributed by atoms with E-state index in [1.807, 2.05) is 0 Å². The van der Waals surface area contributed by atoms with Crippen LogP contribution in [0.4, 0.5) is 31.1 Å². The van der Waals surface area contributed by atoms with Crippen molar-refractivity contribution in [2.24, 2.45) is 0 Å². The van der Waals surface area contributed by atoms with Crippen molar-refractivity contribution in [3.8, 4) is 11.5 Å². The molecule has 2 aliphatic heterocycles. The van der Waals surface area contributed by atoms with Gasteiger partial charge in [-0.25, -0.2) is 4.79 Å². The highest BCUT2D eigenvalue weighted by Crippen LogP contribution is 2.53. The number of hydrogen-bond donors (Lipinski definition) is 0. The van der Waals surface area contributed by atoms with Gasteiger partial charge in [0.25, 0.3) is 0 Å². The number of benzene rings is 2. The van der Waals surface area contributed by atoms with E-state index in [1.165, 1.54) is 4.90 Å². The van der Waals surface area contributed by atoms with E-state index in [1.54, 1.807) is 51.1 Å². The Balaban J connectivity index is 1.76. The van der Waals surface area contributed by atoms with Crippen LogP contribution >= 0.6 is 0 Å². The highest BCUT2D eigenvalue weighted by Gasteiger charge is 2.54. The van der Waals surface area contributed by atoms with Gasteiger partial charge in [-0.2, -0.15) is 21.6 Å². The fourth-order valence-corrected chi connectivity index (χ4v) is 5.87. The van der Waals surface area contributed by atoms with Crippen LogP contribution in [-0.4, -0.2) is 55.6 Å². The van der Waals surface area contributed by atoms with Gasteiger partial charge in [-0.1, -0.05) is 30.3 Å². The molecule has 0 N–H and O–H groups in total. The average molecular weight is 626 g/mol. The second-order valence-corrected chi connectivity index (χ2v) is 12.6. The van der Waals surface area contributed by atoms with Gasteiger partial charge in [0, 0.05) is 18.0 Å². The molecule has 2 aromatic carbocycles. The Morgan fingerprint density at radius 2 is 1.69 bits per heavy atom. The predicted molar refractivity (Wildman–Crippen MR) is 136 cm³/mol. The van der Waals surface area contributed by atoms with Gasteiger partial charge in [0.15, 0.2) is 0 Å². The van der Waals surface area contributed by atoms with E-state index in [4.69, 9.17) is 9.47 Å². The number of rotatable bonds is 5. The van der Waals surface area contributed by atoms with Gasteiger partial charge >= 0.3 is 28.1 Å². The van der Waals surface area contributed by atoms with E-state index in [-0.39, 0.29) is 18.6 Å². The second kappa shape index (κ2) is 11.1. The van der Waals surface area contributed by atoms with Gasteiger partial charge in [-0.05, 0) is 63.8 Å². The fourth-order valence-electron chi connectivity index (χ4n) is 5.38. The molecule has 2 aromatic rings. The third-order valence-corrected chi connectivity index (χ3v) is 7.82. The number of hydrogen-bond acceptors (Lipinski definition) is 7. The van der Waals surface area contributed by atoms with E-state index in [9.17, 15) is 39.6 Å². The van der Waals surface area contributed by atoms with Gasteiger partial charge < -0.3 is 18.4 Å². The minimum atomic E-state index is -6.15. The molecule has 1 spiro atoms. The molecule has 1 amide bonds. The first-order valence-electron chi connectivity index (χ1n) is 12.9. The Labute approximate surface area is 238 Å². The van der Waals surface area contributed by atoms with E-state index >= 15 is 0 Å². The molecule has 232 valence electrons. The van der Waals surface area contributed by atoms with Crippen LogP contribution in [0.5, 0.6) is 11.5 Å². The molecule has 2 fully saturated rings. The van der Waals surface area contributed by atoms with Crippen LogP contribution in [0.25, 0.3) is 0 Å². The van der Waals surface area contributed by atoms with Gasteiger partial charge in [0.2, 0.25) is 0 Å². The van der Waals surface area contributed by atoms with Gasteiger partial charge in [-0.3, -0.25) is 4.90 Å². The molecule has 0 unspecified atom stereocenters. The maximum Gasteiger partial charge on any atom is 0.573 e. The Bertz CT molecular complexity index is 1390. The molecule has 4 rings (SSSR count). The molecule has 2 aliphatic rings. The van der Waals surface area contributed by atoms with Crippen molar-refractivity contribution in [2.45, 2.75) is 75.1 Å². The Kier molecular flexibility index (Phi) is 8.41. The number of halogens is 6. The van der Waals surface area contributed by atoms with Crippen LogP contribution < -0.4 is 8.92 Å². The minimum Gasteiger partial charge on any atom is -0.444 e. The van der Waals surface area contributed by atoms with Crippen molar-refractivity contribution in [1.29, 1.82) is 0 Å². The lowest BCUT2D eigenvalue weighted by molar-refractivity contribution is -0.274. The van der Waals surface area contributed by atoms with Crippen molar-refractivity contribution in [2.75, 3.05) is 13.2 Å². The molecule has 2 saturated heterocycles. The Morgan fingerprint density at radius 1 is 1.02 bits per heavy atom. The van der Waals surface area contributed by atoms with Crippen molar-refractivity contribution in [3.63, 3.8) is 0 Å². The summed E-state index contributed by atoms with van der Waals surface area (Å²) in [5, 5.41) is 0. The van der Waals surface area contributed by atoms with Crippen LogP contribution in [0, 0.1) is 0 Å². The molecule has 8 nitrogen and oxygen atoms in total. The quantitative estimate of drug-likeness (QED) is 0.204. The zero-order chi connectivity index (χ0) is 31.1. The third-order valence-electron chi connectivity index (χ3n) is 6.85. The normalized spacial score (nSPS) is 23.6. The molecule has 0 radical (unpaired) electrons. The first-order valence-corrected chi connectivity index (χ1v) is 14.3. The number of nitrogens with zero attached hydrogens (tertiary/aromatic N) is 1. The van der Waals surface area contributed by atoms with Crippen LogP contribution in [0.15, 0.2) is 48.5 Å². The number of carbonyl (C=O) groups excluding carboxylic acids is 1. The van der Waals surface area contributed by atoms with Gasteiger partial charge in [0.05, 0.1) is 18.2 Å². The number of carbonyl (C=O) groups is 1. The minimum absolute atomic E-state index is 0.00373. The summed E-state index contributed by atoms with van der Waals surface area (Å²) in [5.41, 5.74) is -7.36. The summed E-state index contributed by atoms with van der Waals surface area (Å²) in [6.07, 6.45) is -4.90. The first kappa shape index (κ1) is 31.7. The molecular weight excluding hydrogens is 596 g/mol. The summed E-state index contributed by atoms with van der Waals surface area (Å²) in [6, 6.07) is 10.2. The third kappa shape index (κ3) is 7.05. The van der Waals surface area contributed by atoms with Crippen molar-refractivity contribution < 1.29 is 57.9 Å². The highest BCUT2D eigenvalue weighted by atomic mass is 32.2. The summed E-state index contributed by atoms with van der Waals surface area (Å²) < 4.78 is 122. The van der Waals surface area contributed by atoms with Crippen molar-refractivity contribution in [1.82, 2.24) is 4.90 Å². The standard InChI is InChI=1S/C27H29F6NO7S/c1-24(2,3)40-23(35)34-13-7-12-25(22(34)17-8-5-4-6-9-17)15-18(16-38-25)20-14-19(39-26(28,29)30)10-11-21(20)41-42(36,37)27(31,32)33/h4-6,8-11,14,18,22H,7,12-13,15-16H2,1-3H3/t18-,22+,25-/m1/s1. The Morgan fingerprint density at radius 3 is 2.29 bits per heavy atom. The molecule has 42 heavy (non-hydrogen) atoms. The SMILES string of the molecule is CC(C)(C)OC(=O)N1CCC[C@@]2(C[C@@H](c3cc(OC(F)(F)F)ccc3OS(=O)(=O)C(F)(F)F)CO2)[C@@H]1c1ccccc1. The summed E-state index contributed by atoms with van der Waals surface area (Å²) in [5.74, 6) is -2.53. The molecule has 0 aromatic heterocycles. The van der Waals surface area contributed by atoms with E-state index in [2.05, 4.69) is 8.92 Å². The van der Waals surface area contributed by atoms with Crippen molar-refractivity contribution >= 4 is 16.2 Å². The van der Waals surface area contributed by atoms with E-state index < -0.39 is 62.7 Å². The lowest BCUT2D eigenvalue weighted by Crippen LogP contribution is -2.53. The van der Waals surface area contributed by atoms with Crippen LogP contribution in [0.3, 0.4) is 0 Å². The number of likely N-dealkylation sites (tertiary alicyclic amines) is 1. The topological polar surface area (TPSA) is 91.4 Å². The molecule has 0 saturated carbocycles. The van der Waals surface area contributed by atoms with Crippen molar-refractivity contribution in [3.05, 3.63) is 59.7 Å².